The van der Waals surface area contributed by atoms with Crippen LogP contribution in [0.25, 0.3) is 10.1 Å². The second-order valence-electron chi connectivity index (χ2n) is 6.31. The minimum absolute atomic E-state index is 0.329. The molecule has 2 heterocycles. The van der Waals surface area contributed by atoms with E-state index >= 15 is 0 Å². The fourth-order valence-electron chi connectivity index (χ4n) is 3.03. The number of rotatable bonds is 6. The van der Waals surface area contributed by atoms with Gasteiger partial charge < -0.3 is 15.0 Å². The maximum Gasteiger partial charge on any atom is 0.345 e. The van der Waals surface area contributed by atoms with Crippen molar-refractivity contribution >= 4 is 33.1 Å². The number of carbonyl (C=O) groups is 1. The van der Waals surface area contributed by atoms with E-state index in [9.17, 15) is 9.90 Å². The Hall–Kier alpha value is -3.63. The number of aromatic carboxylic acids is 1. The zero-order valence-corrected chi connectivity index (χ0v) is 15.6. The summed E-state index contributed by atoms with van der Waals surface area (Å²) in [6.45, 7) is 1.22. The van der Waals surface area contributed by atoms with Crippen LogP contribution in [0, 0.1) is 11.3 Å². The number of imidazole rings is 1. The highest BCUT2D eigenvalue weighted by molar-refractivity contribution is 7.20. The van der Waals surface area contributed by atoms with Crippen molar-refractivity contribution in [3.05, 3.63) is 82.8 Å². The molecule has 0 saturated carbocycles. The molecule has 2 aromatic heterocycles. The zero-order valence-electron chi connectivity index (χ0n) is 14.8. The van der Waals surface area contributed by atoms with Gasteiger partial charge in [-0.15, -0.1) is 11.3 Å². The maximum absolute atomic E-state index is 11.2. The number of hydrogen-bond donors (Lipinski definition) is 2. The summed E-state index contributed by atoms with van der Waals surface area (Å²) in [5.74, 6) is -0.910. The van der Waals surface area contributed by atoms with Gasteiger partial charge in [0.15, 0.2) is 0 Å². The molecule has 4 aromatic rings. The van der Waals surface area contributed by atoms with Crippen LogP contribution in [0.3, 0.4) is 0 Å². The van der Waals surface area contributed by atoms with E-state index in [1.54, 1.807) is 12.4 Å². The van der Waals surface area contributed by atoms with Gasteiger partial charge in [-0.25, -0.2) is 9.78 Å². The smallest absolute Gasteiger partial charge is 0.345 e. The van der Waals surface area contributed by atoms with Crippen molar-refractivity contribution in [2.45, 2.75) is 13.1 Å². The highest BCUT2D eigenvalue weighted by Gasteiger charge is 2.11. The largest absolute Gasteiger partial charge is 0.477 e. The number of nitrogens with zero attached hydrogens (tertiary/aromatic N) is 3. The zero-order chi connectivity index (χ0) is 19.5. The van der Waals surface area contributed by atoms with E-state index in [-0.39, 0.29) is 0 Å². The molecular formula is C21H16N4O2S. The lowest BCUT2D eigenvalue weighted by Crippen LogP contribution is -2.08. The number of anilines is 1. The number of thiophene rings is 1. The predicted molar refractivity (Wildman–Crippen MR) is 109 cm³/mol. The summed E-state index contributed by atoms with van der Waals surface area (Å²) in [6, 6.07) is 17.1. The molecule has 138 valence electrons. The molecule has 0 aliphatic rings. The van der Waals surface area contributed by atoms with Gasteiger partial charge in [-0.1, -0.05) is 18.2 Å². The SMILES string of the molecule is N#Cc1ccc(Cn2cncc2CNc2cccc3sc(C(=O)O)cc23)cc1. The second kappa shape index (κ2) is 7.55. The standard InChI is InChI=1S/C21H16N4O2S/c22-9-14-4-6-15(7-5-14)12-25-13-23-10-16(25)11-24-18-2-1-3-19-17(18)8-20(28-19)21(26)27/h1-8,10,13,24H,11-12H2,(H,26,27). The van der Waals surface area contributed by atoms with Crippen molar-refractivity contribution < 1.29 is 9.90 Å². The van der Waals surface area contributed by atoms with Crippen molar-refractivity contribution in [2.75, 3.05) is 5.32 Å². The van der Waals surface area contributed by atoms with Crippen LogP contribution in [0.5, 0.6) is 0 Å². The van der Waals surface area contributed by atoms with E-state index in [2.05, 4.69) is 16.4 Å². The van der Waals surface area contributed by atoms with Crippen LogP contribution in [-0.4, -0.2) is 20.6 Å². The van der Waals surface area contributed by atoms with Crippen molar-refractivity contribution in [3.63, 3.8) is 0 Å². The fraction of sp³-hybridized carbons (Fsp3) is 0.0952. The lowest BCUT2D eigenvalue weighted by Gasteiger charge is -2.11. The molecule has 0 spiro atoms. The molecule has 0 radical (unpaired) electrons. The Balaban J connectivity index is 1.52. The van der Waals surface area contributed by atoms with Crippen LogP contribution in [0.15, 0.2) is 61.1 Å². The van der Waals surface area contributed by atoms with Crippen LogP contribution >= 0.6 is 11.3 Å². The second-order valence-corrected chi connectivity index (χ2v) is 7.39. The number of fused-ring (bicyclic) bond motifs is 1. The normalized spacial score (nSPS) is 10.7. The number of carboxylic acid groups (broad SMARTS) is 1. The summed E-state index contributed by atoms with van der Waals surface area (Å²) < 4.78 is 2.98. The number of nitriles is 1. The molecule has 0 bridgehead atoms. The Kier molecular flexibility index (Phi) is 4.79. The summed E-state index contributed by atoms with van der Waals surface area (Å²) in [7, 11) is 0. The predicted octanol–water partition coefficient (Wildman–Crippen LogP) is 4.33. The van der Waals surface area contributed by atoms with Gasteiger partial charge in [-0.3, -0.25) is 0 Å². The van der Waals surface area contributed by atoms with Crippen LogP contribution < -0.4 is 5.32 Å². The number of hydrogen-bond acceptors (Lipinski definition) is 5. The van der Waals surface area contributed by atoms with Gasteiger partial charge >= 0.3 is 5.97 Å². The van der Waals surface area contributed by atoms with Gasteiger partial charge in [0.2, 0.25) is 0 Å². The van der Waals surface area contributed by atoms with E-state index < -0.39 is 5.97 Å². The first-order chi connectivity index (χ1) is 13.6. The van der Waals surface area contributed by atoms with E-state index in [0.717, 1.165) is 27.0 Å². The monoisotopic (exact) mass is 388 g/mol. The average molecular weight is 388 g/mol. The molecule has 7 heteroatoms. The Morgan fingerprint density at radius 3 is 2.82 bits per heavy atom. The van der Waals surface area contributed by atoms with Gasteiger partial charge in [-0.2, -0.15) is 5.26 Å². The molecule has 0 fully saturated rings. The quantitative estimate of drug-likeness (QED) is 0.513. The van der Waals surface area contributed by atoms with Crippen LogP contribution in [0.2, 0.25) is 0 Å². The first kappa shape index (κ1) is 17.8. The van der Waals surface area contributed by atoms with Gasteiger partial charge in [0.25, 0.3) is 0 Å². The molecule has 0 unspecified atom stereocenters. The van der Waals surface area contributed by atoms with E-state index in [1.165, 1.54) is 11.3 Å². The Bertz CT molecular complexity index is 1190. The summed E-state index contributed by atoms with van der Waals surface area (Å²) in [5.41, 5.74) is 3.63. The van der Waals surface area contributed by atoms with Crippen molar-refractivity contribution in [1.82, 2.24) is 9.55 Å². The van der Waals surface area contributed by atoms with Gasteiger partial charge in [-0.05, 0) is 35.9 Å². The van der Waals surface area contributed by atoms with Crippen molar-refractivity contribution in [1.29, 1.82) is 5.26 Å². The first-order valence-corrected chi connectivity index (χ1v) is 9.43. The minimum Gasteiger partial charge on any atom is -0.477 e. The molecule has 0 aliphatic heterocycles. The van der Waals surface area contributed by atoms with E-state index in [1.807, 2.05) is 53.2 Å². The van der Waals surface area contributed by atoms with Crippen molar-refractivity contribution in [3.8, 4) is 6.07 Å². The van der Waals surface area contributed by atoms with E-state index in [4.69, 9.17) is 5.26 Å². The molecule has 6 nitrogen and oxygen atoms in total. The highest BCUT2D eigenvalue weighted by atomic mass is 32.1. The third-order valence-electron chi connectivity index (χ3n) is 4.47. The Morgan fingerprint density at radius 2 is 2.07 bits per heavy atom. The lowest BCUT2D eigenvalue weighted by atomic mass is 10.1. The fourth-order valence-corrected chi connectivity index (χ4v) is 3.95. The van der Waals surface area contributed by atoms with Gasteiger partial charge in [0.1, 0.15) is 4.88 Å². The molecule has 4 rings (SSSR count). The maximum atomic E-state index is 11.2. The summed E-state index contributed by atoms with van der Waals surface area (Å²) in [4.78, 5) is 15.8. The van der Waals surface area contributed by atoms with Crippen LogP contribution in [-0.2, 0) is 13.1 Å². The molecule has 28 heavy (non-hydrogen) atoms. The minimum atomic E-state index is -0.910. The Morgan fingerprint density at radius 1 is 1.25 bits per heavy atom. The number of benzene rings is 2. The van der Waals surface area contributed by atoms with Crippen LogP contribution in [0.1, 0.15) is 26.5 Å². The molecule has 0 atom stereocenters. The molecule has 2 aromatic carbocycles. The molecule has 0 aliphatic carbocycles. The summed E-state index contributed by atoms with van der Waals surface area (Å²) in [6.07, 6.45) is 3.59. The van der Waals surface area contributed by atoms with Gasteiger partial charge in [0.05, 0.1) is 30.2 Å². The van der Waals surface area contributed by atoms with E-state index in [0.29, 0.717) is 23.5 Å². The summed E-state index contributed by atoms with van der Waals surface area (Å²) in [5, 5.41) is 22.4. The number of nitrogens with one attached hydrogen (secondary N) is 1. The summed E-state index contributed by atoms with van der Waals surface area (Å²) >= 11 is 1.27. The van der Waals surface area contributed by atoms with Crippen LogP contribution in [0.4, 0.5) is 5.69 Å². The number of aromatic nitrogens is 2. The third kappa shape index (κ3) is 3.59. The third-order valence-corrected chi connectivity index (χ3v) is 5.55. The molecule has 2 N–H and O–H groups in total. The molecule has 0 saturated heterocycles. The Labute approximate surface area is 165 Å². The lowest BCUT2D eigenvalue weighted by molar-refractivity contribution is 0.0702. The molecule has 0 amide bonds. The highest BCUT2D eigenvalue weighted by Crippen LogP contribution is 2.31. The average Bonchev–Trinajstić information content (AvgIpc) is 3.34. The van der Waals surface area contributed by atoms with Crippen molar-refractivity contribution in [2.24, 2.45) is 0 Å². The first-order valence-electron chi connectivity index (χ1n) is 8.62. The number of carboxylic acids is 1. The molecular weight excluding hydrogens is 372 g/mol. The van der Waals surface area contributed by atoms with Gasteiger partial charge in [0, 0.05) is 28.5 Å². The topological polar surface area (TPSA) is 90.9 Å².